The van der Waals surface area contributed by atoms with E-state index in [1.54, 1.807) is 0 Å². The van der Waals surface area contributed by atoms with E-state index in [0.29, 0.717) is 24.2 Å². The van der Waals surface area contributed by atoms with Crippen LogP contribution in [0.3, 0.4) is 0 Å². The van der Waals surface area contributed by atoms with Gasteiger partial charge in [0.05, 0.1) is 33.5 Å². The van der Waals surface area contributed by atoms with Gasteiger partial charge in [0.15, 0.2) is 0 Å². The number of rotatable bonds is 12. The SMILES string of the molecule is Cc1ccc(-c2cc(C(=O)NCCCCCCCNC(=O)c3cc(-c4ccc(C)cc4)nc4ccccc34)c3ccccc3n2)cc1. The van der Waals surface area contributed by atoms with E-state index in [-0.39, 0.29) is 11.8 Å². The lowest BCUT2D eigenvalue weighted by Gasteiger charge is -2.11. The second-order valence-electron chi connectivity index (χ2n) is 12.2. The summed E-state index contributed by atoms with van der Waals surface area (Å²) < 4.78 is 0. The summed E-state index contributed by atoms with van der Waals surface area (Å²) in [6.45, 7) is 5.35. The summed E-state index contributed by atoms with van der Waals surface area (Å²) in [5.74, 6) is -0.150. The van der Waals surface area contributed by atoms with Gasteiger partial charge in [-0.25, -0.2) is 9.97 Å². The number of para-hydroxylation sites is 2. The molecule has 47 heavy (non-hydrogen) atoms. The van der Waals surface area contributed by atoms with Crippen LogP contribution < -0.4 is 10.6 Å². The van der Waals surface area contributed by atoms with E-state index < -0.39 is 0 Å². The van der Waals surface area contributed by atoms with Gasteiger partial charge >= 0.3 is 0 Å². The van der Waals surface area contributed by atoms with Gasteiger partial charge in [-0.1, -0.05) is 115 Å². The molecule has 4 aromatic carbocycles. The highest BCUT2D eigenvalue weighted by atomic mass is 16.2. The molecule has 0 radical (unpaired) electrons. The van der Waals surface area contributed by atoms with Gasteiger partial charge in [-0.3, -0.25) is 9.59 Å². The number of amides is 2. The zero-order valence-corrected chi connectivity index (χ0v) is 27.1. The molecule has 0 saturated heterocycles. The first-order valence-corrected chi connectivity index (χ1v) is 16.5. The number of hydrogen-bond acceptors (Lipinski definition) is 4. The van der Waals surface area contributed by atoms with E-state index in [1.807, 2.05) is 84.9 Å². The molecule has 0 atom stereocenters. The Bertz CT molecular complexity index is 1870. The van der Waals surface area contributed by atoms with Crippen molar-refractivity contribution < 1.29 is 9.59 Å². The quantitative estimate of drug-likeness (QED) is 0.134. The fraction of sp³-hybridized carbons (Fsp3) is 0.220. The highest BCUT2D eigenvalue weighted by Gasteiger charge is 2.15. The van der Waals surface area contributed by atoms with Crippen molar-refractivity contribution in [2.45, 2.75) is 46.0 Å². The Hall–Kier alpha value is -5.36. The fourth-order valence-electron chi connectivity index (χ4n) is 5.85. The van der Waals surface area contributed by atoms with Crippen LogP contribution in [0.5, 0.6) is 0 Å². The first-order valence-electron chi connectivity index (χ1n) is 16.5. The van der Waals surface area contributed by atoms with E-state index in [1.165, 1.54) is 11.1 Å². The maximum Gasteiger partial charge on any atom is 0.252 e. The number of carbonyl (C=O) groups is 2. The smallest absolute Gasteiger partial charge is 0.252 e. The first-order chi connectivity index (χ1) is 23.0. The van der Waals surface area contributed by atoms with Crippen LogP contribution in [0.25, 0.3) is 44.3 Å². The molecule has 6 aromatic rings. The normalized spacial score (nSPS) is 11.1. The highest BCUT2D eigenvalue weighted by molar-refractivity contribution is 6.08. The number of benzene rings is 4. The van der Waals surface area contributed by atoms with Gasteiger partial charge in [0.1, 0.15) is 0 Å². The maximum absolute atomic E-state index is 13.3. The minimum absolute atomic E-state index is 0.0751. The van der Waals surface area contributed by atoms with E-state index in [4.69, 9.17) is 9.97 Å². The number of hydrogen-bond donors (Lipinski definition) is 2. The predicted molar refractivity (Wildman–Crippen MR) is 192 cm³/mol. The van der Waals surface area contributed by atoms with Gasteiger partial charge in [0.2, 0.25) is 0 Å². The van der Waals surface area contributed by atoms with Crippen molar-refractivity contribution in [3.63, 3.8) is 0 Å². The van der Waals surface area contributed by atoms with Crippen LogP contribution in [0.4, 0.5) is 0 Å². The molecule has 0 fully saturated rings. The second-order valence-corrected chi connectivity index (χ2v) is 12.2. The van der Waals surface area contributed by atoms with Crippen molar-refractivity contribution in [2.24, 2.45) is 0 Å². The molecule has 0 saturated carbocycles. The third-order valence-corrected chi connectivity index (χ3v) is 8.54. The largest absolute Gasteiger partial charge is 0.352 e. The van der Waals surface area contributed by atoms with Crippen molar-refractivity contribution in [2.75, 3.05) is 13.1 Å². The minimum atomic E-state index is -0.0751. The van der Waals surface area contributed by atoms with Crippen molar-refractivity contribution >= 4 is 33.6 Å². The van der Waals surface area contributed by atoms with Gasteiger partial charge in [-0.05, 0) is 51.0 Å². The van der Waals surface area contributed by atoms with Crippen molar-refractivity contribution in [1.82, 2.24) is 20.6 Å². The van der Waals surface area contributed by atoms with Crippen molar-refractivity contribution in [1.29, 1.82) is 0 Å². The predicted octanol–water partition coefficient (Wildman–Crippen LogP) is 8.84. The van der Waals surface area contributed by atoms with E-state index >= 15 is 0 Å². The Morgan fingerprint density at radius 2 is 0.894 bits per heavy atom. The number of carbonyl (C=O) groups excluding carboxylic acids is 2. The number of pyridine rings is 2. The Kier molecular flexibility index (Phi) is 9.97. The molecule has 0 unspecified atom stereocenters. The van der Waals surface area contributed by atoms with E-state index in [0.717, 1.165) is 76.4 Å². The summed E-state index contributed by atoms with van der Waals surface area (Å²) in [4.78, 5) is 36.2. The molecule has 0 spiro atoms. The van der Waals surface area contributed by atoms with Crippen LogP contribution in [-0.4, -0.2) is 34.9 Å². The van der Waals surface area contributed by atoms with Crippen LogP contribution in [0.2, 0.25) is 0 Å². The van der Waals surface area contributed by atoms with Crippen LogP contribution in [0.15, 0.2) is 109 Å². The van der Waals surface area contributed by atoms with Crippen molar-refractivity contribution in [3.05, 3.63) is 131 Å². The number of aromatic nitrogens is 2. The zero-order valence-electron chi connectivity index (χ0n) is 27.1. The van der Waals surface area contributed by atoms with Gasteiger partial charge in [0, 0.05) is 35.0 Å². The molecular formula is C41H40N4O2. The molecule has 6 rings (SSSR count). The lowest BCUT2D eigenvalue weighted by atomic mass is 10.0. The molecule has 2 amide bonds. The highest BCUT2D eigenvalue weighted by Crippen LogP contribution is 2.27. The number of unbranched alkanes of at least 4 members (excludes halogenated alkanes) is 4. The summed E-state index contributed by atoms with van der Waals surface area (Å²) >= 11 is 0. The molecule has 236 valence electrons. The fourth-order valence-corrected chi connectivity index (χ4v) is 5.85. The summed E-state index contributed by atoms with van der Waals surface area (Å²) in [7, 11) is 0. The van der Waals surface area contributed by atoms with Crippen LogP contribution in [0, 0.1) is 13.8 Å². The summed E-state index contributed by atoms with van der Waals surface area (Å²) in [6.07, 6.45) is 4.86. The molecule has 2 heterocycles. The summed E-state index contributed by atoms with van der Waals surface area (Å²) in [5.41, 5.74) is 8.87. The molecule has 6 nitrogen and oxygen atoms in total. The topological polar surface area (TPSA) is 84.0 Å². The monoisotopic (exact) mass is 620 g/mol. The molecule has 2 N–H and O–H groups in total. The molecule has 0 aliphatic carbocycles. The molecule has 2 aromatic heterocycles. The van der Waals surface area contributed by atoms with Gasteiger partial charge in [-0.2, -0.15) is 0 Å². The average Bonchev–Trinajstić information content (AvgIpc) is 3.10. The van der Waals surface area contributed by atoms with Crippen LogP contribution >= 0.6 is 0 Å². The van der Waals surface area contributed by atoms with E-state index in [9.17, 15) is 9.59 Å². The van der Waals surface area contributed by atoms with Crippen LogP contribution in [0.1, 0.15) is 63.9 Å². The molecule has 0 aliphatic heterocycles. The lowest BCUT2D eigenvalue weighted by molar-refractivity contribution is 0.0947. The molecule has 0 aliphatic rings. The second kappa shape index (κ2) is 14.8. The molecule has 0 bridgehead atoms. The summed E-state index contributed by atoms with van der Waals surface area (Å²) in [5, 5.41) is 7.95. The average molecular weight is 621 g/mol. The summed E-state index contributed by atoms with van der Waals surface area (Å²) in [6, 6.07) is 35.8. The number of nitrogens with one attached hydrogen (secondary N) is 2. The standard InChI is InChI=1S/C41H40N4O2/c1-28-16-20-30(21-17-28)38-26-34(32-12-6-8-14-36(32)44-38)40(46)42-24-10-4-3-5-11-25-43-41(47)35-27-39(31-22-18-29(2)19-23-31)45-37-15-9-7-13-33(35)37/h6-9,12-23,26-27H,3-5,10-11,24-25H2,1-2H3,(H,42,46)(H,43,47). The lowest BCUT2D eigenvalue weighted by Crippen LogP contribution is -2.25. The zero-order chi connectivity index (χ0) is 32.6. The first kappa shape index (κ1) is 31.6. The molecular weight excluding hydrogens is 580 g/mol. The number of aryl methyl sites for hydroxylation is 2. The third-order valence-electron chi connectivity index (χ3n) is 8.54. The minimum Gasteiger partial charge on any atom is -0.352 e. The van der Waals surface area contributed by atoms with Crippen molar-refractivity contribution in [3.8, 4) is 22.5 Å². The third kappa shape index (κ3) is 7.72. The Morgan fingerprint density at radius 1 is 0.511 bits per heavy atom. The number of fused-ring (bicyclic) bond motifs is 2. The maximum atomic E-state index is 13.3. The van der Waals surface area contributed by atoms with Crippen LogP contribution in [-0.2, 0) is 0 Å². The van der Waals surface area contributed by atoms with Gasteiger partial charge in [-0.15, -0.1) is 0 Å². The Balaban J connectivity index is 0.967. The number of nitrogens with zero attached hydrogens (tertiary/aromatic N) is 2. The Labute approximate surface area is 276 Å². The Morgan fingerprint density at radius 3 is 1.32 bits per heavy atom. The van der Waals surface area contributed by atoms with E-state index in [2.05, 4.69) is 48.7 Å². The van der Waals surface area contributed by atoms with Gasteiger partial charge in [0.25, 0.3) is 11.8 Å². The molecule has 6 heteroatoms. The van der Waals surface area contributed by atoms with Gasteiger partial charge < -0.3 is 10.6 Å².